The van der Waals surface area contributed by atoms with Crippen LogP contribution in [0.15, 0.2) is 23.2 Å². The van der Waals surface area contributed by atoms with Gasteiger partial charge < -0.3 is 5.11 Å². The van der Waals surface area contributed by atoms with Gasteiger partial charge in [-0.3, -0.25) is 0 Å². The number of carbonyl (C=O) groups excluding carboxylic acids is 1. The topological polar surface area (TPSA) is 49.7 Å². The molecule has 62 valence electrons. The summed E-state index contributed by atoms with van der Waals surface area (Å²) < 4.78 is 12.8. The van der Waals surface area contributed by atoms with Crippen molar-refractivity contribution in [3.63, 3.8) is 0 Å². The lowest BCUT2D eigenvalue weighted by atomic mass is 10.2. The van der Waals surface area contributed by atoms with E-state index in [1.807, 2.05) is 0 Å². The third-order valence-corrected chi connectivity index (χ3v) is 1.34. The molecule has 0 amide bonds. The summed E-state index contributed by atoms with van der Waals surface area (Å²) in [5, 5.41) is 8.93. The van der Waals surface area contributed by atoms with E-state index < -0.39 is 5.82 Å². The molecule has 0 atom stereocenters. The van der Waals surface area contributed by atoms with Crippen LogP contribution in [-0.4, -0.2) is 11.2 Å². The molecule has 1 rings (SSSR count). The highest BCUT2D eigenvalue weighted by Crippen LogP contribution is 2.15. The summed E-state index contributed by atoms with van der Waals surface area (Å²) in [4.78, 5) is 12.9. The van der Waals surface area contributed by atoms with E-state index in [1.54, 1.807) is 0 Å². The number of phenols is 1. The van der Waals surface area contributed by atoms with Crippen LogP contribution in [-0.2, 0) is 11.3 Å². The smallest absolute Gasteiger partial charge is 0.235 e. The summed E-state index contributed by atoms with van der Waals surface area (Å²) in [7, 11) is 0. The molecule has 4 heteroatoms. The summed E-state index contributed by atoms with van der Waals surface area (Å²) in [6.07, 6.45) is 1.29. The van der Waals surface area contributed by atoms with Crippen LogP contribution in [0.25, 0.3) is 0 Å². The van der Waals surface area contributed by atoms with Gasteiger partial charge in [0.2, 0.25) is 6.08 Å². The molecule has 0 saturated heterocycles. The maximum Gasteiger partial charge on any atom is 0.235 e. The van der Waals surface area contributed by atoms with E-state index in [9.17, 15) is 9.18 Å². The number of rotatable bonds is 2. The van der Waals surface area contributed by atoms with Gasteiger partial charge in [-0.2, -0.15) is 0 Å². The summed E-state index contributed by atoms with van der Waals surface area (Å²) in [6, 6.07) is 3.56. The highest BCUT2D eigenvalue weighted by atomic mass is 19.1. The average molecular weight is 167 g/mol. The molecule has 0 bridgehead atoms. The Hall–Kier alpha value is -1.67. The van der Waals surface area contributed by atoms with Crippen molar-refractivity contribution in [2.45, 2.75) is 6.54 Å². The van der Waals surface area contributed by atoms with Gasteiger partial charge in [0.25, 0.3) is 0 Å². The Morgan fingerprint density at radius 2 is 2.33 bits per heavy atom. The molecule has 0 aliphatic carbocycles. The number of benzene rings is 1. The van der Waals surface area contributed by atoms with E-state index in [0.717, 1.165) is 6.07 Å². The Kier molecular flexibility index (Phi) is 2.56. The van der Waals surface area contributed by atoms with Crippen LogP contribution in [0, 0.1) is 5.82 Å². The zero-order valence-electron chi connectivity index (χ0n) is 6.12. The van der Waals surface area contributed by atoms with Crippen molar-refractivity contribution >= 4 is 6.08 Å². The van der Waals surface area contributed by atoms with Gasteiger partial charge in [-0.15, -0.1) is 0 Å². The van der Waals surface area contributed by atoms with Crippen molar-refractivity contribution in [3.05, 3.63) is 29.6 Å². The quantitative estimate of drug-likeness (QED) is 0.534. The number of hydrogen-bond acceptors (Lipinski definition) is 3. The molecule has 0 aromatic heterocycles. The summed E-state index contributed by atoms with van der Waals surface area (Å²) in [6.45, 7) is -0.0935. The predicted octanol–water partition coefficient (Wildman–Crippen LogP) is 1.37. The Labute approximate surface area is 68.2 Å². The average Bonchev–Trinajstić information content (AvgIpc) is 2.07. The lowest BCUT2D eigenvalue weighted by molar-refractivity contribution is 0.471. The largest absolute Gasteiger partial charge is 0.508 e. The summed E-state index contributed by atoms with van der Waals surface area (Å²) in [5.74, 6) is -0.542. The molecule has 12 heavy (non-hydrogen) atoms. The molecule has 0 aliphatic heterocycles. The van der Waals surface area contributed by atoms with Crippen molar-refractivity contribution in [2.75, 3.05) is 0 Å². The Morgan fingerprint density at radius 1 is 1.58 bits per heavy atom. The lowest BCUT2D eigenvalue weighted by Crippen LogP contribution is -1.86. The van der Waals surface area contributed by atoms with Gasteiger partial charge in [-0.1, -0.05) is 0 Å². The Bertz CT molecular complexity index is 332. The first kappa shape index (κ1) is 8.43. The van der Waals surface area contributed by atoms with Gasteiger partial charge in [0.05, 0.1) is 6.54 Å². The van der Waals surface area contributed by atoms with Gasteiger partial charge in [0, 0.05) is 5.56 Å². The van der Waals surface area contributed by atoms with Crippen LogP contribution >= 0.6 is 0 Å². The van der Waals surface area contributed by atoms with Crippen LogP contribution < -0.4 is 0 Å². The Balaban J connectivity index is 2.96. The number of nitrogens with zero attached hydrogens (tertiary/aromatic N) is 1. The minimum absolute atomic E-state index is 0.0486. The van der Waals surface area contributed by atoms with Crippen molar-refractivity contribution in [2.24, 2.45) is 4.99 Å². The second-order valence-electron chi connectivity index (χ2n) is 2.18. The van der Waals surface area contributed by atoms with Crippen LogP contribution in [0.5, 0.6) is 5.75 Å². The Morgan fingerprint density at radius 3 is 3.00 bits per heavy atom. The fourth-order valence-electron chi connectivity index (χ4n) is 0.800. The molecule has 3 nitrogen and oxygen atoms in total. The zero-order valence-corrected chi connectivity index (χ0v) is 6.12. The highest BCUT2D eigenvalue weighted by molar-refractivity contribution is 5.35. The fraction of sp³-hybridized carbons (Fsp3) is 0.125. The van der Waals surface area contributed by atoms with Gasteiger partial charge in [0.1, 0.15) is 11.6 Å². The second kappa shape index (κ2) is 3.64. The van der Waals surface area contributed by atoms with Crippen molar-refractivity contribution in [1.29, 1.82) is 0 Å². The SMILES string of the molecule is O=C=NCc1cc(O)ccc1F. The number of halogens is 1. The molecule has 0 radical (unpaired) electrons. The first-order valence-electron chi connectivity index (χ1n) is 3.25. The number of isocyanates is 1. The first-order valence-corrected chi connectivity index (χ1v) is 3.25. The van der Waals surface area contributed by atoms with E-state index in [2.05, 4.69) is 4.99 Å². The van der Waals surface area contributed by atoms with E-state index in [4.69, 9.17) is 5.11 Å². The molecule has 1 N–H and O–H groups in total. The van der Waals surface area contributed by atoms with Gasteiger partial charge in [-0.25, -0.2) is 14.2 Å². The third-order valence-electron chi connectivity index (χ3n) is 1.34. The molecule has 0 unspecified atom stereocenters. The normalized spacial score (nSPS) is 9.08. The predicted molar refractivity (Wildman–Crippen MR) is 39.9 cm³/mol. The fourth-order valence-corrected chi connectivity index (χ4v) is 0.800. The highest BCUT2D eigenvalue weighted by Gasteiger charge is 2.01. The van der Waals surface area contributed by atoms with Crippen molar-refractivity contribution < 1.29 is 14.3 Å². The lowest BCUT2D eigenvalue weighted by Gasteiger charge is -1.97. The summed E-state index contributed by atoms with van der Waals surface area (Å²) >= 11 is 0. The molecule has 1 aromatic rings. The maximum absolute atomic E-state index is 12.8. The van der Waals surface area contributed by atoms with Crippen molar-refractivity contribution in [3.8, 4) is 5.75 Å². The molecule has 0 aliphatic rings. The molecule has 0 fully saturated rings. The van der Waals surface area contributed by atoms with Crippen LogP contribution in [0.3, 0.4) is 0 Å². The van der Waals surface area contributed by atoms with E-state index in [1.165, 1.54) is 18.2 Å². The maximum atomic E-state index is 12.8. The minimum atomic E-state index is -0.494. The number of hydrogen-bond donors (Lipinski definition) is 1. The molecule has 0 heterocycles. The van der Waals surface area contributed by atoms with E-state index in [-0.39, 0.29) is 17.9 Å². The number of phenolic OH excluding ortho intramolecular Hbond substituents is 1. The molecule has 0 saturated carbocycles. The standard InChI is InChI=1S/C8H6FNO2/c9-8-2-1-7(12)3-6(8)4-10-5-11/h1-3,12H,4H2. The molecule has 1 aromatic carbocycles. The van der Waals surface area contributed by atoms with Crippen LogP contribution in [0.4, 0.5) is 4.39 Å². The summed E-state index contributed by atoms with van der Waals surface area (Å²) in [5.41, 5.74) is 0.179. The second-order valence-corrected chi connectivity index (χ2v) is 2.18. The molecular weight excluding hydrogens is 161 g/mol. The van der Waals surface area contributed by atoms with Gasteiger partial charge >= 0.3 is 0 Å². The number of aliphatic imine (C=N–C) groups is 1. The zero-order chi connectivity index (χ0) is 8.97. The van der Waals surface area contributed by atoms with Gasteiger partial charge in [0.15, 0.2) is 0 Å². The minimum Gasteiger partial charge on any atom is -0.508 e. The van der Waals surface area contributed by atoms with Crippen LogP contribution in [0.2, 0.25) is 0 Å². The van der Waals surface area contributed by atoms with E-state index in [0.29, 0.717) is 0 Å². The molecule has 0 spiro atoms. The number of aromatic hydroxyl groups is 1. The van der Waals surface area contributed by atoms with Crippen molar-refractivity contribution in [1.82, 2.24) is 0 Å². The monoisotopic (exact) mass is 167 g/mol. The van der Waals surface area contributed by atoms with Crippen LogP contribution in [0.1, 0.15) is 5.56 Å². The van der Waals surface area contributed by atoms with Gasteiger partial charge in [-0.05, 0) is 18.2 Å². The third kappa shape index (κ3) is 1.90. The van der Waals surface area contributed by atoms with E-state index >= 15 is 0 Å². The first-order chi connectivity index (χ1) is 5.74. The molecular formula is C8H6FNO2.